The highest BCUT2D eigenvalue weighted by Crippen LogP contribution is 2.29. The van der Waals surface area contributed by atoms with Crippen LogP contribution in [0.15, 0.2) is 52.2 Å². The highest BCUT2D eigenvalue weighted by molar-refractivity contribution is 7.98. The molecule has 0 spiro atoms. The van der Waals surface area contributed by atoms with Crippen LogP contribution in [0.2, 0.25) is 5.02 Å². The van der Waals surface area contributed by atoms with Crippen LogP contribution in [0.3, 0.4) is 0 Å². The zero-order valence-electron chi connectivity index (χ0n) is 11.7. The third kappa shape index (κ3) is 3.40. The fourth-order valence-corrected chi connectivity index (χ4v) is 2.69. The van der Waals surface area contributed by atoms with Crippen molar-refractivity contribution < 1.29 is 9.15 Å². The lowest BCUT2D eigenvalue weighted by Crippen LogP contribution is -1.88. The SMILES string of the molecule is COc1ccc(CSc2nnc(-c3ccccc3Cl)o2)cn1. The van der Waals surface area contributed by atoms with E-state index in [4.69, 9.17) is 20.8 Å². The number of methoxy groups -OCH3 is 1. The molecule has 0 fully saturated rings. The van der Waals surface area contributed by atoms with E-state index in [1.807, 2.05) is 30.3 Å². The summed E-state index contributed by atoms with van der Waals surface area (Å²) < 4.78 is 10.7. The molecule has 0 saturated heterocycles. The van der Waals surface area contributed by atoms with E-state index in [1.54, 1.807) is 19.4 Å². The van der Waals surface area contributed by atoms with Gasteiger partial charge in [0.15, 0.2) is 0 Å². The smallest absolute Gasteiger partial charge is 0.277 e. The minimum Gasteiger partial charge on any atom is -0.481 e. The predicted molar refractivity (Wildman–Crippen MR) is 85.1 cm³/mol. The van der Waals surface area contributed by atoms with Crippen molar-refractivity contribution in [3.8, 4) is 17.3 Å². The molecule has 0 amide bonds. The van der Waals surface area contributed by atoms with E-state index in [-0.39, 0.29) is 0 Å². The van der Waals surface area contributed by atoms with Gasteiger partial charge in [-0.15, -0.1) is 10.2 Å². The van der Waals surface area contributed by atoms with Gasteiger partial charge in [0.25, 0.3) is 5.22 Å². The van der Waals surface area contributed by atoms with Gasteiger partial charge < -0.3 is 9.15 Å². The van der Waals surface area contributed by atoms with Crippen LogP contribution in [-0.2, 0) is 5.75 Å². The molecule has 0 atom stereocenters. The Balaban J connectivity index is 1.68. The molecule has 2 heterocycles. The monoisotopic (exact) mass is 333 g/mol. The number of ether oxygens (including phenoxy) is 1. The van der Waals surface area contributed by atoms with Gasteiger partial charge in [0.2, 0.25) is 11.8 Å². The molecule has 0 aliphatic heterocycles. The fraction of sp³-hybridized carbons (Fsp3) is 0.133. The van der Waals surface area contributed by atoms with Gasteiger partial charge in [-0.05, 0) is 17.7 Å². The van der Waals surface area contributed by atoms with Gasteiger partial charge in [-0.25, -0.2) is 4.98 Å². The molecule has 3 rings (SSSR count). The van der Waals surface area contributed by atoms with E-state index in [2.05, 4.69) is 15.2 Å². The Labute approximate surface area is 136 Å². The second-order valence-corrected chi connectivity index (χ2v) is 5.68. The summed E-state index contributed by atoms with van der Waals surface area (Å²) in [6.07, 6.45) is 1.76. The maximum absolute atomic E-state index is 6.11. The summed E-state index contributed by atoms with van der Waals surface area (Å²) in [6, 6.07) is 11.1. The van der Waals surface area contributed by atoms with Crippen molar-refractivity contribution in [3.63, 3.8) is 0 Å². The number of rotatable bonds is 5. The summed E-state index contributed by atoms with van der Waals surface area (Å²) in [5, 5.41) is 9.13. The van der Waals surface area contributed by atoms with Crippen molar-refractivity contribution in [2.75, 3.05) is 7.11 Å². The Morgan fingerprint density at radius 3 is 2.77 bits per heavy atom. The van der Waals surface area contributed by atoms with Gasteiger partial charge in [0.1, 0.15) is 0 Å². The molecular weight excluding hydrogens is 322 g/mol. The van der Waals surface area contributed by atoms with Crippen LogP contribution in [0.25, 0.3) is 11.5 Å². The average Bonchev–Trinajstić information content (AvgIpc) is 3.02. The van der Waals surface area contributed by atoms with Crippen LogP contribution in [-0.4, -0.2) is 22.3 Å². The maximum Gasteiger partial charge on any atom is 0.277 e. The first-order valence-corrected chi connectivity index (χ1v) is 7.83. The van der Waals surface area contributed by atoms with Gasteiger partial charge in [-0.2, -0.15) is 0 Å². The number of thioether (sulfide) groups is 1. The Morgan fingerprint density at radius 1 is 1.18 bits per heavy atom. The molecular formula is C15H12ClN3O2S. The van der Waals surface area contributed by atoms with E-state index in [9.17, 15) is 0 Å². The largest absolute Gasteiger partial charge is 0.481 e. The molecule has 0 aliphatic carbocycles. The summed E-state index contributed by atoms with van der Waals surface area (Å²) >= 11 is 7.56. The normalized spacial score (nSPS) is 10.6. The first-order valence-electron chi connectivity index (χ1n) is 6.46. The molecule has 2 aromatic heterocycles. The average molecular weight is 334 g/mol. The van der Waals surface area contributed by atoms with Crippen molar-refractivity contribution in [2.45, 2.75) is 11.0 Å². The number of aromatic nitrogens is 3. The standard InChI is InChI=1S/C15H12ClN3O2S/c1-20-13-7-6-10(8-17-13)9-22-15-19-18-14(21-15)11-4-2-3-5-12(11)16/h2-8H,9H2,1H3. The van der Waals surface area contributed by atoms with Crippen molar-refractivity contribution in [3.05, 3.63) is 53.2 Å². The number of pyridine rings is 1. The number of benzene rings is 1. The van der Waals surface area contributed by atoms with Crippen LogP contribution in [0, 0.1) is 0 Å². The molecule has 0 N–H and O–H groups in total. The molecule has 3 aromatic rings. The highest BCUT2D eigenvalue weighted by atomic mass is 35.5. The molecule has 7 heteroatoms. The van der Waals surface area contributed by atoms with Gasteiger partial charge in [0.05, 0.1) is 17.7 Å². The van der Waals surface area contributed by atoms with Crippen molar-refractivity contribution >= 4 is 23.4 Å². The second-order valence-electron chi connectivity index (χ2n) is 4.35. The molecule has 0 bridgehead atoms. The zero-order valence-corrected chi connectivity index (χ0v) is 13.3. The summed E-state index contributed by atoms with van der Waals surface area (Å²) in [4.78, 5) is 4.15. The van der Waals surface area contributed by atoms with Gasteiger partial charge in [0, 0.05) is 18.0 Å². The number of hydrogen-bond donors (Lipinski definition) is 0. The Kier molecular flexibility index (Phi) is 4.60. The topological polar surface area (TPSA) is 61.0 Å². The minimum atomic E-state index is 0.418. The Hall–Kier alpha value is -2.05. The zero-order chi connectivity index (χ0) is 15.4. The lowest BCUT2D eigenvalue weighted by molar-refractivity contribution is 0.397. The molecule has 22 heavy (non-hydrogen) atoms. The van der Waals surface area contributed by atoms with Crippen molar-refractivity contribution in [1.29, 1.82) is 0 Å². The van der Waals surface area contributed by atoms with Gasteiger partial charge in [-0.1, -0.05) is 41.6 Å². The molecule has 1 aromatic carbocycles. The third-order valence-electron chi connectivity index (χ3n) is 2.88. The number of halogens is 1. The van der Waals surface area contributed by atoms with E-state index >= 15 is 0 Å². The maximum atomic E-state index is 6.11. The third-order valence-corrected chi connectivity index (χ3v) is 4.10. The van der Waals surface area contributed by atoms with Crippen LogP contribution >= 0.6 is 23.4 Å². The van der Waals surface area contributed by atoms with E-state index in [0.29, 0.717) is 27.8 Å². The summed E-state index contributed by atoms with van der Waals surface area (Å²) in [7, 11) is 1.59. The Bertz CT molecular complexity index is 761. The molecule has 5 nitrogen and oxygen atoms in total. The quantitative estimate of drug-likeness (QED) is 0.655. The molecule has 0 saturated carbocycles. The van der Waals surface area contributed by atoms with Gasteiger partial charge in [-0.3, -0.25) is 0 Å². The summed E-state index contributed by atoms with van der Waals surface area (Å²) in [5.41, 5.74) is 1.78. The van der Waals surface area contributed by atoms with Crippen LogP contribution in [0.1, 0.15) is 5.56 Å². The lowest BCUT2D eigenvalue weighted by Gasteiger charge is -2.00. The predicted octanol–water partition coefficient (Wildman–Crippen LogP) is 4.09. The molecule has 0 aliphatic rings. The molecule has 0 unspecified atom stereocenters. The minimum absolute atomic E-state index is 0.418. The second kappa shape index (κ2) is 6.81. The van der Waals surface area contributed by atoms with Crippen molar-refractivity contribution in [2.24, 2.45) is 0 Å². The van der Waals surface area contributed by atoms with E-state index in [1.165, 1.54) is 11.8 Å². The highest BCUT2D eigenvalue weighted by Gasteiger charge is 2.12. The summed E-state index contributed by atoms with van der Waals surface area (Å²) in [5.74, 6) is 1.69. The number of nitrogens with zero attached hydrogens (tertiary/aromatic N) is 3. The first kappa shape index (κ1) is 14.9. The van der Waals surface area contributed by atoms with E-state index in [0.717, 1.165) is 11.1 Å². The van der Waals surface area contributed by atoms with Crippen LogP contribution in [0.5, 0.6) is 5.88 Å². The molecule has 112 valence electrons. The van der Waals surface area contributed by atoms with E-state index < -0.39 is 0 Å². The lowest BCUT2D eigenvalue weighted by atomic mass is 10.2. The summed E-state index contributed by atoms with van der Waals surface area (Å²) in [6.45, 7) is 0. The van der Waals surface area contributed by atoms with Crippen molar-refractivity contribution in [1.82, 2.24) is 15.2 Å². The number of hydrogen-bond acceptors (Lipinski definition) is 6. The Morgan fingerprint density at radius 2 is 2.05 bits per heavy atom. The van der Waals surface area contributed by atoms with Gasteiger partial charge >= 0.3 is 0 Å². The molecule has 0 radical (unpaired) electrons. The fourth-order valence-electron chi connectivity index (χ4n) is 1.77. The van der Waals surface area contributed by atoms with Crippen LogP contribution < -0.4 is 4.74 Å². The first-order chi connectivity index (χ1) is 10.8. The van der Waals surface area contributed by atoms with Crippen LogP contribution in [0.4, 0.5) is 0 Å².